The molecule has 1 aromatic carbocycles. The summed E-state index contributed by atoms with van der Waals surface area (Å²) in [6, 6.07) is 11.1. The standard InChI is InChI=1S/C13H11NO3.Na.H/c15-13(16)11-6-12(8-14-7-11)17-9-10-4-2-1-3-5-10;;/h1-8H,9H2,(H,15,16);;. The van der Waals surface area contributed by atoms with Gasteiger partial charge in [-0.3, -0.25) is 4.98 Å². The third kappa shape index (κ3) is 4.14. The molecule has 0 aliphatic rings. The molecule has 0 radical (unpaired) electrons. The summed E-state index contributed by atoms with van der Waals surface area (Å²) in [7, 11) is 0. The molecule has 5 heteroatoms. The van der Waals surface area contributed by atoms with Gasteiger partial charge in [-0.2, -0.15) is 0 Å². The SMILES string of the molecule is O=C(O)c1cncc(OCc2ccccc2)c1.[NaH]. The van der Waals surface area contributed by atoms with Gasteiger partial charge in [0.25, 0.3) is 0 Å². The molecule has 1 N–H and O–H groups in total. The quantitative estimate of drug-likeness (QED) is 0.843. The van der Waals surface area contributed by atoms with E-state index >= 15 is 0 Å². The summed E-state index contributed by atoms with van der Waals surface area (Å²) in [5.41, 5.74) is 1.14. The van der Waals surface area contributed by atoms with Gasteiger partial charge in [0.15, 0.2) is 0 Å². The van der Waals surface area contributed by atoms with Crippen LogP contribution in [0.2, 0.25) is 0 Å². The minimum atomic E-state index is -1.01. The molecule has 0 saturated carbocycles. The predicted molar refractivity (Wildman–Crippen MR) is 69.1 cm³/mol. The Morgan fingerprint density at radius 2 is 1.94 bits per heavy atom. The first kappa shape index (κ1) is 14.7. The van der Waals surface area contributed by atoms with Crippen molar-refractivity contribution in [1.29, 1.82) is 0 Å². The molecule has 0 unspecified atom stereocenters. The summed E-state index contributed by atoms with van der Waals surface area (Å²) in [6.45, 7) is 0.394. The number of carboxylic acid groups (broad SMARTS) is 1. The molecule has 4 nitrogen and oxygen atoms in total. The zero-order chi connectivity index (χ0) is 12.1. The Kier molecular flexibility index (Phi) is 5.85. The fourth-order valence-corrected chi connectivity index (χ4v) is 1.36. The van der Waals surface area contributed by atoms with Gasteiger partial charge in [-0.1, -0.05) is 30.3 Å². The number of ether oxygens (including phenoxy) is 1. The van der Waals surface area contributed by atoms with E-state index in [9.17, 15) is 4.79 Å². The van der Waals surface area contributed by atoms with Gasteiger partial charge in [0.1, 0.15) is 12.4 Å². The molecule has 2 rings (SSSR count). The Bertz CT molecular complexity index is 517. The zero-order valence-corrected chi connectivity index (χ0v) is 9.04. The first-order valence-electron chi connectivity index (χ1n) is 5.11. The minimum absolute atomic E-state index is 0. The van der Waals surface area contributed by atoms with E-state index < -0.39 is 5.97 Å². The van der Waals surface area contributed by atoms with Crippen molar-refractivity contribution < 1.29 is 14.6 Å². The first-order valence-corrected chi connectivity index (χ1v) is 5.11. The van der Waals surface area contributed by atoms with Crippen LogP contribution in [0.3, 0.4) is 0 Å². The maximum atomic E-state index is 10.7. The summed E-state index contributed by atoms with van der Waals surface area (Å²) >= 11 is 0. The zero-order valence-electron chi connectivity index (χ0n) is 9.04. The Morgan fingerprint density at radius 1 is 1.22 bits per heavy atom. The van der Waals surface area contributed by atoms with Crippen molar-refractivity contribution in [2.75, 3.05) is 0 Å². The summed E-state index contributed by atoms with van der Waals surface area (Å²) in [4.78, 5) is 14.5. The molecule has 1 heterocycles. The number of hydrogen-bond acceptors (Lipinski definition) is 3. The van der Waals surface area contributed by atoms with Crippen LogP contribution in [0.25, 0.3) is 0 Å². The normalized spacial score (nSPS) is 9.33. The van der Waals surface area contributed by atoms with Crippen LogP contribution in [0.5, 0.6) is 5.75 Å². The molecule has 0 aliphatic carbocycles. The number of aromatic carboxylic acids is 1. The van der Waals surface area contributed by atoms with Crippen LogP contribution in [0.4, 0.5) is 0 Å². The first-order chi connectivity index (χ1) is 8.25. The van der Waals surface area contributed by atoms with Crippen LogP contribution >= 0.6 is 0 Å². The average Bonchev–Trinajstić information content (AvgIpc) is 2.38. The van der Waals surface area contributed by atoms with Crippen molar-refractivity contribution in [3.63, 3.8) is 0 Å². The van der Waals surface area contributed by atoms with Crippen LogP contribution < -0.4 is 4.74 Å². The molecule has 0 bridgehead atoms. The van der Waals surface area contributed by atoms with Gasteiger partial charge in [0, 0.05) is 6.20 Å². The Morgan fingerprint density at radius 3 is 2.61 bits per heavy atom. The summed E-state index contributed by atoms with van der Waals surface area (Å²) in [5.74, 6) is -0.559. The van der Waals surface area contributed by atoms with E-state index in [-0.39, 0.29) is 35.1 Å². The summed E-state index contributed by atoms with van der Waals surface area (Å²) < 4.78 is 5.46. The van der Waals surface area contributed by atoms with E-state index in [2.05, 4.69) is 4.98 Å². The third-order valence-corrected chi connectivity index (χ3v) is 2.21. The molecule has 0 fully saturated rings. The third-order valence-electron chi connectivity index (χ3n) is 2.21. The van der Waals surface area contributed by atoms with Crippen LogP contribution in [-0.2, 0) is 6.61 Å². The van der Waals surface area contributed by atoms with E-state index in [4.69, 9.17) is 9.84 Å². The monoisotopic (exact) mass is 253 g/mol. The van der Waals surface area contributed by atoms with Gasteiger partial charge in [-0.25, -0.2) is 4.79 Å². The number of aromatic nitrogens is 1. The fourth-order valence-electron chi connectivity index (χ4n) is 1.36. The van der Waals surface area contributed by atoms with Crippen molar-refractivity contribution in [3.05, 3.63) is 59.9 Å². The van der Waals surface area contributed by atoms with Gasteiger partial charge in [0.2, 0.25) is 0 Å². The number of nitrogens with zero attached hydrogens (tertiary/aromatic N) is 1. The average molecular weight is 253 g/mol. The van der Waals surface area contributed by atoms with Crippen molar-refractivity contribution in [3.8, 4) is 5.75 Å². The number of carbonyl (C=O) groups is 1. The molecule has 0 spiro atoms. The van der Waals surface area contributed by atoms with Gasteiger partial charge in [-0.15, -0.1) is 0 Å². The van der Waals surface area contributed by atoms with Crippen LogP contribution in [-0.4, -0.2) is 45.6 Å². The van der Waals surface area contributed by atoms with Gasteiger partial charge < -0.3 is 9.84 Å². The topological polar surface area (TPSA) is 59.4 Å². The van der Waals surface area contributed by atoms with Gasteiger partial charge in [-0.05, 0) is 11.6 Å². The van der Waals surface area contributed by atoms with E-state index in [1.54, 1.807) is 0 Å². The molecule has 88 valence electrons. The summed E-state index contributed by atoms with van der Waals surface area (Å²) in [6.07, 6.45) is 2.78. The molecular formula is C13H12NNaO3. The Balaban J connectivity index is 0.00000162. The van der Waals surface area contributed by atoms with Crippen LogP contribution in [0, 0.1) is 0 Å². The summed E-state index contributed by atoms with van der Waals surface area (Å²) in [5, 5.41) is 8.80. The molecule has 18 heavy (non-hydrogen) atoms. The van der Waals surface area contributed by atoms with Gasteiger partial charge >= 0.3 is 35.5 Å². The second-order valence-corrected chi connectivity index (χ2v) is 3.49. The van der Waals surface area contributed by atoms with E-state index in [0.717, 1.165) is 5.56 Å². The van der Waals surface area contributed by atoms with Gasteiger partial charge in [0.05, 0.1) is 11.8 Å². The van der Waals surface area contributed by atoms with Crippen molar-refractivity contribution in [1.82, 2.24) is 4.98 Å². The molecule has 1 aromatic heterocycles. The van der Waals surface area contributed by atoms with E-state index in [1.807, 2.05) is 30.3 Å². The van der Waals surface area contributed by atoms with Crippen molar-refractivity contribution in [2.24, 2.45) is 0 Å². The van der Waals surface area contributed by atoms with E-state index in [1.165, 1.54) is 18.5 Å². The van der Waals surface area contributed by atoms with Crippen LogP contribution in [0.15, 0.2) is 48.8 Å². The molecular weight excluding hydrogens is 241 g/mol. The Labute approximate surface area is 127 Å². The number of hydrogen-bond donors (Lipinski definition) is 1. The number of rotatable bonds is 4. The van der Waals surface area contributed by atoms with E-state index in [0.29, 0.717) is 12.4 Å². The number of carboxylic acids is 1. The van der Waals surface area contributed by atoms with Crippen molar-refractivity contribution in [2.45, 2.75) is 6.61 Å². The van der Waals surface area contributed by atoms with Crippen LogP contribution in [0.1, 0.15) is 15.9 Å². The number of pyridine rings is 1. The molecule has 0 saturated heterocycles. The second-order valence-electron chi connectivity index (χ2n) is 3.49. The molecule has 2 aromatic rings. The molecule has 0 atom stereocenters. The predicted octanol–water partition coefficient (Wildman–Crippen LogP) is 1.71. The number of benzene rings is 1. The molecule has 0 amide bonds. The maximum absolute atomic E-state index is 10.7. The fraction of sp³-hybridized carbons (Fsp3) is 0.0769. The molecule has 0 aliphatic heterocycles. The van der Waals surface area contributed by atoms with Crippen molar-refractivity contribution >= 4 is 35.5 Å². The Hall–Kier alpha value is -1.36. The second kappa shape index (κ2) is 7.16.